The number of halogens is 3. The molecule has 0 spiro atoms. The maximum Gasteiger partial charge on any atom is 0.393 e. The first-order chi connectivity index (χ1) is 9.84. The molecule has 0 aromatic rings. The third kappa shape index (κ3) is 6.68. The average molecular weight is 308 g/mol. The minimum atomic E-state index is -4.17. The molecule has 3 nitrogen and oxygen atoms in total. The lowest BCUT2D eigenvalue weighted by Crippen LogP contribution is -2.52. The average Bonchev–Trinajstić information content (AvgIpc) is 2.43. The summed E-state index contributed by atoms with van der Waals surface area (Å²) in [7, 11) is 0. The van der Waals surface area contributed by atoms with Gasteiger partial charge in [-0.3, -0.25) is 4.79 Å². The van der Waals surface area contributed by atoms with E-state index < -0.39 is 18.1 Å². The number of amides is 1. The highest BCUT2D eigenvalue weighted by Crippen LogP contribution is 2.31. The standard InChI is InChI=1S/C15H27F3N2O/c1-3-4-5-6-7-11(2)20-14(21)13-9-8-12(10-19-13)15(16,17)18/h11-13,19H,3-10H2,1-2H3,(H,20,21). The van der Waals surface area contributed by atoms with Crippen LogP contribution in [0.25, 0.3) is 0 Å². The lowest BCUT2D eigenvalue weighted by atomic mass is 9.93. The topological polar surface area (TPSA) is 41.1 Å². The molecule has 0 saturated carbocycles. The fraction of sp³-hybridized carbons (Fsp3) is 0.933. The van der Waals surface area contributed by atoms with E-state index in [4.69, 9.17) is 0 Å². The number of carbonyl (C=O) groups excluding carboxylic acids is 1. The normalized spacial score (nSPS) is 24.6. The Balaban J connectivity index is 2.24. The molecule has 0 aliphatic carbocycles. The van der Waals surface area contributed by atoms with Crippen molar-refractivity contribution in [2.75, 3.05) is 6.54 Å². The van der Waals surface area contributed by atoms with E-state index in [1.807, 2.05) is 6.92 Å². The number of hydrogen-bond donors (Lipinski definition) is 2. The molecule has 1 aliphatic heterocycles. The number of rotatable bonds is 7. The molecule has 0 aromatic heterocycles. The molecule has 1 fully saturated rings. The van der Waals surface area contributed by atoms with Gasteiger partial charge in [0.1, 0.15) is 0 Å². The van der Waals surface area contributed by atoms with Gasteiger partial charge in [-0.1, -0.05) is 32.6 Å². The zero-order valence-corrected chi connectivity index (χ0v) is 12.9. The SMILES string of the molecule is CCCCCCC(C)NC(=O)C1CCC(C(F)(F)F)CN1. The van der Waals surface area contributed by atoms with E-state index in [2.05, 4.69) is 17.6 Å². The van der Waals surface area contributed by atoms with E-state index in [0.29, 0.717) is 0 Å². The van der Waals surface area contributed by atoms with Crippen molar-refractivity contribution in [3.8, 4) is 0 Å². The van der Waals surface area contributed by atoms with Crippen molar-refractivity contribution in [1.82, 2.24) is 10.6 Å². The highest BCUT2D eigenvalue weighted by atomic mass is 19.4. The van der Waals surface area contributed by atoms with Crippen molar-refractivity contribution in [1.29, 1.82) is 0 Å². The number of nitrogens with one attached hydrogen (secondary N) is 2. The molecule has 2 N–H and O–H groups in total. The van der Waals surface area contributed by atoms with Crippen LogP contribution in [0, 0.1) is 5.92 Å². The van der Waals surface area contributed by atoms with Crippen molar-refractivity contribution in [2.24, 2.45) is 5.92 Å². The summed E-state index contributed by atoms with van der Waals surface area (Å²) in [5.74, 6) is -1.49. The summed E-state index contributed by atoms with van der Waals surface area (Å²) in [6.45, 7) is 3.94. The van der Waals surface area contributed by atoms with E-state index in [9.17, 15) is 18.0 Å². The fourth-order valence-corrected chi connectivity index (χ4v) is 2.65. The van der Waals surface area contributed by atoms with Crippen LogP contribution >= 0.6 is 0 Å². The highest BCUT2D eigenvalue weighted by molar-refractivity contribution is 5.82. The smallest absolute Gasteiger partial charge is 0.352 e. The molecule has 1 rings (SSSR count). The van der Waals surface area contributed by atoms with E-state index >= 15 is 0 Å². The van der Waals surface area contributed by atoms with Crippen LogP contribution in [-0.4, -0.2) is 30.7 Å². The Morgan fingerprint density at radius 3 is 2.52 bits per heavy atom. The quantitative estimate of drug-likeness (QED) is 0.708. The molecule has 1 aliphatic rings. The van der Waals surface area contributed by atoms with Crippen molar-refractivity contribution >= 4 is 5.91 Å². The van der Waals surface area contributed by atoms with Crippen LogP contribution in [0.4, 0.5) is 13.2 Å². The second kappa shape index (κ2) is 8.61. The predicted molar refractivity (Wildman–Crippen MR) is 76.9 cm³/mol. The van der Waals surface area contributed by atoms with Crippen LogP contribution in [0.5, 0.6) is 0 Å². The monoisotopic (exact) mass is 308 g/mol. The highest BCUT2D eigenvalue weighted by Gasteiger charge is 2.42. The van der Waals surface area contributed by atoms with E-state index in [0.717, 1.165) is 19.3 Å². The van der Waals surface area contributed by atoms with Crippen LogP contribution in [0.15, 0.2) is 0 Å². The summed E-state index contributed by atoms with van der Waals surface area (Å²) in [5.41, 5.74) is 0. The Morgan fingerprint density at radius 2 is 2.00 bits per heavy atom. The Kier molecular flexibility index (Phi) is 7.49. The third-order valence-corrected chi connectivity index (χ3v) is 4.07. The fourth-order valence-electron chi connectivity index (χ4n) is 2.65. The molecular weight excluding hydrogens is 281 g/mol. The maximum atomic E-state index is 12.5. The zero-order chi connectivity index (χ0) is 15.9. The molecule has 1 heterocycles. The maximum absolute atomic E-state index is 12.5. The molecule has 3 unspecified atom stereocenters. The summed E-state index contributed by atoms with van der Waals surface area (Å²) in [4.78, 5) is 12.0. The molecule has 6 heteroatoms. The van der Waals surface area contributed by atoms with Crippen LogP contribution in [-0.2, 0) is 4.79 Å². The van der Waals surface area contributed by atoms with Crippen molar-refractivity contribution in [2.45, 2.75) is 77.1 Å². The van der Waals surface area contributed by atoms with Gasteiger partial charge in [0.25, 0.3) is 0 Å². The van der Waals surface area contributed by atoms with Crippen molar-refractivity contribution in [3.05, 3.63) is 0 Å². The Labute approximate surface area is 125 Å². The van der Waals surface area contributed by atoms with Crippen LogP contribution in [0.3, 0.4) is 0 Å². The first-order valence-electron chi connectivity index (χ1n) is 7.95. The largest absolute Gasteiger partial charge is 0.393 e. The van der Waals surface area contributed by atoms with Gasteiger partial charge in [-0.2, -0.15) is 13.2 Å². The summed E-state index contributed by atoms with van der Waals surface area (Å²) in [6, 6.07) is -0.404. The second-order valence-corrected chi connectivity index (χ2v) is 6.04. The Morgan fingerprint density at radius 1 is 1.29 bits per heavy atom. The first kappa shape index (κ1) is 18.3. The lowest BCUT2D eigenvalue weighted by Gasteiger charge is -2.31. The van der Waals surface area contributed by atoms with Gasteiger partial charge in [0.05, 0.1) is 12.0 Å². The van der Waals surface area contributed by atoms with Gasteiger partial charge in [-0.25, -0.2) is 0 Å². The number of hydrogen-bond acceptors (Lipinski definition) is 2. The molecule has 3 atom stereocenters. The van der Waals surface area contributed by atoms with Gasteiger partial charge in [0.15, 0.2) is 0 Å². The molecule has 0 bridgehead atoms. The molecule has 0 aromatic carbocycles. The summed E-state index contributed by atoms with van der Waals surface area (Å²) in [6.07, 6.45) is 1.63. The van der Waals surface area contributed by atoms with Gasteiger partial charge >= 0.3 is 6.18 Å². The number of piperidine rings is 1. The predicted octanol–water partition coefficient (Wildman–Crippen LogP) is 3.39. The van der Waals surface area contributed by atoms with Gasteiger partial charge in [0, 0.05) is 12.6 Å². The number of alkyl halides is 3. The zero-order valence-electron chi connectivity index (χ0n) is 12.9. The van der Waals surface area contributed by atoms with Crippen LogP contribution in [0.2, 0.25) is 0 Å². The third-order valence-electron chi connectivity index (χ3n) is 4.07. The Hall–Kier alpha value is -0.780. The molecule has 1 saturated heterocycles. The van der Waals surface area contributed by atoms with Crippen molar-refractivity contribution in [3.63, 3.8) is 0 Å². The van der Waals surface area contributed by atoms with Crippen LogP contribution < -0.4 is 10.6 Å². The van der Waals surface area contributed by atoms with Gasteiger partial charge in [0.2, 0.25) is 5.91 Å². The number of unbranched alkanes of at least 4 members (excludes halogenated alkanes) is 3. The minimum Gasteiger partial charge on any atom is -0.352 e. The number of carbonyl (C=O) groups is 1. The minimum absolute atomic E-state index is 0.0272. The van der Waals surface area contributed by atoms with Gasteiger partial charge < -0.3 is 10.6 Å². The molecule has 1 amide bonds. The Bertz CT molecular complexity index is 313. The molecule has 21 heavy (non-hydrogen) atoms. The van der Waals surface area contributed by atoms with Gasteiger partial charge in [-0.15, -0.1) is 0 Å². The van der Waals surface area contributed by atoms with Gasteiger partial charge in [-0.05, 0) is 26.2 Å². The van der Waals surface area contributed by atoms with Crippen LogP contribution in [0.1, 0.15) is 58.8 Å². The molecule has 124 valence electrons. The summed E-state index contributed by atoms with van der Waals surface area (Å²) in [5, 5.41) is 5.62. The van der Waals surface area contributed by atoms with E-state index in [1.165, 1.54) is 12.8 Å². The molecular formula is C15H27F3N2O. The van der Waals surface area contributed by atoms with Crippen molar-refractivity contribution < 1.29 is 18.0 Å². The molecule has 0 radical (unpaired) electrons. The lowest BCUT2D eigenvalue weighted by molar-refractivity contribution is -0.180. The summed E-state index contributed by atoms with van der Waals surface area (Å²) < 4.78 is 37.6. The summed E-state index contributed by atoms with van der Waals surface area (Å²) >= 11 is 0. The van der Waals surface area contributed by atoms with E-state index in [1.54, 1.807) is 0 Å². The van der Waals surface area contributed by atoms with E-state index in [-0.39, 0.29) is 31.3 Å². The first-order valence-corrected chi connectivity index (χ1v) is 7.95. The second-order valence-electron chi connectivity index (χ2n) is 6.04.